The Morgan fingerprint density at radius 1 is 1.04 bits per heavy atom. The molecule has 0 bridgehead atoms. The first-order chi connectivity index (χ1) is 12.0. The molecule has 3 rings (SSSR count). The summed E-state index contributed by atoms with van der Waals surface area (Å²) in [5.74, 6) is 0.749. The molecule has 0 spiro atoms. The Morgan fingerprint density at radius 2 is 1.76 bits per heavy atom. The number of sulfonamides is 1. The molecular weight excluding hydrogens is 362 g/mol. The van der Waals surface area contributed by atoms with Gasteiger partial charge in [0, 0.05) is 23.6 Å². The number of nitrogens with zero attached hydrogens (tertiary/aromatic N) is 2. The minimum atomic E-state index is -3.41. The van der Waals surface area contributed by atoms with Gasteiger partial charge in [-0.3, -0.25) is 0 Å². The van der Waals surface area contributed by atoms with Crippen molar-refractivity contribution in [3.8, 4) is 11.4 Å². The van der Waals surface area contributed by atoms with E-state index in [2.05, 4.69) is 14.9 Å². The second-order valence-electron chi connectivity index (χ2n) is 5.41. The second kappa shape index (κ2) is 7.77. The van der Waals surface area contributed by atoms with Crippen LogP contribution in [0.15, 0.2) is 59.1 Å². The predicted molar refractivity (Wildman–Crippen MR) is 95.5 cm³/mol. The minimum absolute atomic E-state index is 0.0618. The van der Waals surface area contributed by atoms with Crippen molar-refractivity contribution in [1.29, 1.82) is 0 Å². The van der Waals surface area contributed by atoms with Crippen molar-refractivity contribution in [1.82, 2.24) is 14.9 Å². The number of rotatable bonds is 7. The molecule has 0 atom stereocenters. The summed E-state index contributed by atoms with van der Waals surface area (Å²) in [7, 11) is -3.41. The number of nitrogens with one attached hydrogen (secondary N) is 1. The maximum atomic E-state index is 12.1. The molecule has 0 fully saturated rings. The molecule has 1 heterocycles. The third kappa shape index (κ3) is 5.12. The average Bonchev–Trinajstić information content (AvgIpc) is 3.04. The summed E-state index contributed by atoms with van der Waals surface area (Å²) in [6.45, 7) is 0.192. The van der Waals surface area contributed by atoms with Gasteiger partial charge in [0.25, 0.3) is 0 Å². The molecule has 8 heteroatoms. The standard InChI is InChI=1S/C17H16ClN3O3S/c18-15-8-6-14(7-9-15)17-20-16(24-21-17)10-11-19-25(22,23)12-13-4-2-1-3-5-13/h1-9,19H,10-12H2. The molecule has 0 saturated carbocycles. The van der Waals surface area contributed by atoms with Crippen LogP contribution >= 0.6 is 11.6 Å². The highest BCUT2D eigenvalue weighted by molar-refractivity contribution is 7.88. The van der Waals surface area contributed by atoms with Gasteiger partial charge in [0.05, 0.1) is 5.75 Å². The lowest BCUT2D eigenvalue weighted by atomic mass is 10.2. The van der Waals surface area contributed by atoms with E-state index < -0.39 is 10.0 Å². The Kier molecular flexibility index (Phi) is 5.47. The van der Waals surface area contributed by atoms with Crippen LogP contribution in [0, 0.1) is 0 Å². The summed E-state index contributed by atoms with van der Waals surface area (Å²) in [6.07, 6.45) is 0.314. The average molecular weight is 378 g/mol. The van der Waals surface area contributed by atoms with E-state index in [9.17, 15) is 8.42 Å². The Hall–Kier alpha value is -2.22. The van der Waals surface area contributed by atoms with Crippen LogP contribution in [0.1, 0.15) is 11.5 Å². The smallest absolute Gasteiger partial charge is 0.228 e. The zero-order valence-electron chi connectivity index (χ0n) is 13.2. The topological polar surface area (TPSA) is 85.1 Å². The predicted octanol–water partition coefficient (Wildman–Crippen LogP) is 3.05. The first kappa shape index (κ1) is 17.6. The number of halogens is 1. The van der Waals surface area contributed by atoms with Gasteiger partial charge >= 0.3 is 0 Å². The number of benzene rings is 2. The molecule has 1 N–H and O–H groups in total. The molecule has 0 aliphatic carbocycles. The lowest BCUT2D eigenvalue weighted by Gasteiger charge is -2.05. The molecule has 0 amide bonds. The highest BCUT2D eigenvalue weighted by Crippen LogP contribution is 2.18. The lowest BCUT2D eigenvalue weighted by Crippen LogP contribution is -2.27. The van der Waals surface area contributed by atoms with E-state index >= 15 is 0 Å². The van der Waals surface area contributed by atoms with Crippen molar-refractivity contribution in [2.45, 2.75) is 12.2 Å². The van der Waals surface area contributed by atoms with Gasteiger partial charge in [0.1, 0.15) is 0 Å². The first-order valence-corrected chi connectivity index (χ1v) is 9.65. The maximum absolute atomic E-state index is 12.1. The Bertz CT molecular complexity index is 925. The SMILES string of the molecule is O=S(=O)(Cc1ccccc1)NCCc1nc(-c2ccc(Cl)cc2)no1. The van der Waals surface area contributed by atoms with Crippen LogP contribution < -0.4 is 4.72 Å². The van der Waals surface area contributed by atoms with Gasteiger partial charge in [-0.2, -0.15) is 4.98 Å². The third-order valence-electron chi connectivity index (χ3n) is 3.43. The monoisotopic (exact) mass is 377 g/mol. The maximum Gasteiger partial charge on any atom is 0.228 e. The van der Waals surface area contributed by atoms with E-state index in [4.69, 9.17) is 16.1 Å². The fourth-order valence-corrected chi connectivity index (χ4v) is 3.50. The van der Waals surface area contributed by atoms with Crippen LogP contribution in [-0.4, -0.2) is 25.1 Å². The quantitative estimate of drug-likeness (QED) is 0.684. The third-order valence-corrected chi connectivity index (χ3v) is 5.04. The van der Waals surface area contributed by atoms with Crippen molar-refractivity contribution in [3.63, 3.8) is 0 Å². The van der Waals surface area contributed by atoms with Crippen LogP contribution in [0.5, 0.6) is 0 Å². The van der Waals surface area contributed by atoms with Gasteiger partial charge in [-0.05, 0) is 29.8 Å². The summed E-state index contributed by atoms with van der Waals surface area (Å²) in [5.41, 5.74) is 1.52. The highest BCUT2D eigenvalue weighted by atomic mass is 35.5. The summed E-state index contributed by atoms with van der Waals surface area (Å²) in [5, 5.41) is 4.52. The van der Waals surface area contributed by atoms with Gasteiger partial charge in [-0.25, -0.2) is 13.1 Å². The summed E-state index contributed by atoms with van der Waals surface area (Å²) in [6, 6.07) is 16.1. The van der Waals surface area contributed by atoms with Crippen LogP contribution in [0.25, 0.3) is 11.4 Å². The molecule has 3 aromatic rings. The fourth-order valence-electron chi connectivity index (χ4n) is 2.23. The van der Waals surface area contributed by atoms with Crippen molar-refractivity contribution in [2.75, 3.05) is 6.54 Å². The minimum Gasteiger partial charge on any atom is -0.339 e. The number of hydrogen-bond donors (Lipinski definition) is 1. The number of aromatic nitrogens is 2. The summed E-state index contributed by atoms with van der Waals surface area (Å²) >= 11 is 5.84. The van der Waals surface area contributed by atoms with Crippen LogP contribution in [-0.2, 0) is 22.2 Å². The van der Waals surface area contributed by atoms with Crippen molar-refractivity contribution in [2.24, 2.45) is 0 Å². The Balaban J connectivity index is 1.55. The van der Waals surface area contributed by atoms with Crippen molar-refractivity contribution >= 4 is 21.6 Å². The number of hydrogen-bond acceptors (Lipinski definition) is 5. The molecule has 6 nitrogen and oxygen atoms in total. The van der Waals surface area contributed by atoms with E-state index in [1.807, 2.05) is 18.2 Å². The molecule has 1 aromatic heterocycles. The molecule has 0 unspecified atom stereocenters. The van der Waals surface area contributed by atoms with Gasteiger partial charge in [0.15, 0.2) is 0 Å². The van der Waals surface area contributed by atoms with Crippen molar-refractivity contribution in [3.05, 3.63) is 71.1 Å². The largest absolute Gasteiger partial charge is 0.339 e. The van der Waals surface area contributed by atoms with E-state index in [1.165, 1.54) is 0 Å². The normalized spacial score (nSPS) is 11.6. The molecule has 0 aliphatic heterocycles. The molecule has 0 saturated heterocycles. The second-order valence-corrected chi connectivity index (χ2v) is 7.65. The molecular formula is C17H16ClN3O3S. The van der Waals surface area contributed by atoms with Gasteiger partial charge < -0.3 is 4.52 Å². The van der Waals surface area contributed by atoms with E-state index in [0.29, 0.717) is 23.2 Å². The molecule has 2 aromatic carbocycles. The van der Waals surface area contributed by atoms with Crippen LogP contribution in [0.4, 0.5) is 0 Å². The van der Waals surface area contributed by atoms with E-state index in [-0.39, 0.29) is 12.3 Å². The summed E-state index contributed by atoms with van der Waals surface area (Å²) in [4.78, 5) is 4.26. The molecule has 130 valence electrons. The van der Waals surface area contributed by atoms with E-state index in [0.717, 1.165) is 11.1 Å². The highest BCUT2D eigenvalue weighted by Gasteiger charge is 2.13. The van der Waals surface area contributed by atoms with E-state index in [1.54, 1.807) is 36.4 Å². The fraction of sp³-hybridized carbons (Fsp3) is 0.176. The molecule has 0 aliphatic rings. The van der Waals surface area contributed by atoms with Gasteiger partial charge in [0.2, 0.25) is 21.7 Å². The van der Waals surface area contributed by atoms with Crippen LogP contribution in [0.2, 0.25) is 5.02 Å². The zero-order chi connectivity index (χ0) is 17.7. The first-order valence-electron chi connectivity index (χ1n) is 7.62. The van der Waals surface area contributed by atoms with Crippen LogP contribution in [0.3, 0.4) is 0 Å². The lowest BCUT2D eigenvalue weighted by molar-refractivity contribution is 0.379. The Morgan fingerprint density at radius 3 is 2.48 bits per heavy atom. The van der Waals surface area contributed by atoms with Gasteiger partial charge in [-0.1, -0.05) is 47.1 Å². The summed E-state index contributed by atoms with van der Waals surface area (Å²) < 4.78 is 31.8. The van der Waals surface area contributed by atoms with Crippen molar-refractivity contribution < 1.29 is 12.9 Å². The zero-order valence-corrected chi connectivity index (χ0v) is 14.8. The van der Waals surface area contributed by atoms with Gasteiger partial charge in [-0.15, -0.1) is 0 Å². The molecule has 25 heavy (non-hydrogen) atoms. The molecule has 0 radical (unpaired) electrons. The Labute approximate surface area is 150 Å².